The molecule has 2 rings (SSSR count). The molecule has 1 aromatic heterocycles. The van der Waals surface area contributed by atoms with Gasteiger partial charge in [0.05, 0.1) is 6.10 Å². The number of aromatic nitrogens is 1. The van der Waals surface area contributed by atoms with Crippen LogP contribution in [0.2, 0.25) is 10.0 Å². The van der Waals surface area contributed by atoms with Gasteiger partial charge in [-0.1, -0.05) is 35.3 Å². The Morgan fingerprint density at radius 3 is 2.67 bits per heavy atom. The van der Waals surface area contributed by atoms with Crippen LogP contribution in [0, 0.1) is 0 Å². The first-order chi connectivity index (χ1) is 9.99. The van der Waals surface area contributed by atoms with Crippen molar-refractivity contribution >= 4 is 23.2 Å². The van der Waals surface area contributed by atoms with Crippen molar-refractivity contribution in [3.8, 4) is 0 Å². The first kappa shape index (κ1) is 16.2. The van der Waals surface area contributed by atoms with Crippen LogP contribution in [-0.2, 0) is 0 Å². The maximum atomic E-state index is 10.4. The summed E-state index contributed by atoms with van der Waals surface area (Å²) in [5.74, 6) is 0. The van der Waals surface area contributed by atoms with Crippen LogP contribution in [0.15, 0.2) is 42.7 Å². The Morgan fingerprint density at radius 2 is 2.05 bits per heavy atom. The highest BCUT2D eigenvalue weighted by molar-refractivity contribution is 6.35. The molecule has 112 valence electrons. The molecule has 1 heterocycles. The summed E-state index contributed by atoms with van der Waals surface area (Å²) in [5, 5.41) is 11.4. The summed E-state index contributed by atoms with van der Waals surface area (Å²) in [6, 6.07) is 9.22. The second-order valence-corrected chi connectivity index (χ2v) is 5.93. The first-order valence-electron chi connectivity index (χ1n) is 6.72. The molecule has 3 nitrogen and oxygen atoms in total. The molecule has 0 radical (unpaired) electrons. The quantitative estimate of drug-likeness (QED) is 0.898. The lowest BCUT2D eigenvalue weighted by Gasteiger charge is -2.27. The van der Waals surface area contributed by atoms with Crippen LogP contribution in [-0.4, -0.2) is 28.6 Å². The van der Waals surface area contributed by atoms with E-state index < -0.39 is 6.10 Å². The first-order valence-corrected chi connectivity index (χ1v) is 7.48. The maximum absolute atomic E-state index is 10.4. The van der Waals surface area contributed by atoms with Crippen LogP contribution in [0.25, 0.3) is 0 Å². The van der Waals surface area contributed by atoms with E-state index in [9.17, 15) is 5.11 Å². The lowest BCUT2D eigenvalue weighted by Crippen LogP contribution is -2.27. The molecule has 5 heteroatoms. The van der Waals surface area contributed by atoms with E-state index in [4.69, 9.17) is 23.2 Å². The van der Waals surface area contributed by atoms with Gasteiger partial charge in [-0.25, -0.2) is 0 Å². The summed E-state index contributed by atoms with van der Waals surface area (Å²) in [7, 11) is 1.96. The molecule has 0 aliphatic carbocycles. The summed E-state index contributed by atoms with van der Waals surface area (Å²) in [6.45, 7) is 2.55. The van der Waals surface area contributed by atoms with Crippen molar-refractivity contribution < 1.29 is 5.11 Å². The standard InChI is InChI=1S/C16H18Cl2N2O/c1-11(12-4-3-7-19-9-12)20(2)10-16(21)14-6-5-13(17)8-15(14)18/h3-9,11,16,21H,10H2,1-2H3. The van der Waals surface area contributed by atoms with Gasteiger partial charge < -0.3 is 5.11 Å². The molecule has 21 heavy (non-hydrogen) atoms. The zero-order valence-electron chi connectivity index (χ0n) is 12.0. The van der Waals surface area contributed by atoms with Crippen LogP contribution < -0.4 is 0 Å². The zero-order valence-corrected chi connectivity index (χ0v) is 13.5. The van der Waals surface area contributed by atoms with Crippen molar-refractivity contribution in [2.75, 3.05) is 13.6 Å². The molecule has 1 N–H and O–H groups in total. The number of hydrogen-bond acceptors (Lipinski definition) is 3. The van der Waals surface area contributed by atoms with Crippen molar-refractivity contribution in [3.63, 3.8) is 0 Å². The minimum atomic E-state index is -0.668. The normalized spacial score (nSPS) is 14.2. The highest BCUT2D eigenvalue weighted by Gasteiger charge is 2.18. The SMILES string of the molecule is CC(c1cccnc1)N(C)CC(O)c1ccc(Cl)cc1Cl. The molecule has 1 aromatic carbocycles. The fourth-order valence-electron chi connectivity index (χ4n) is 2.18. The van der Waals surface area contributed by atoms with Gasteiger partial charge in [0.2, 0.25) is 0 Å². The number of halogens is 2. The van der Waals surface area contributed by atoms with Crippen LogP contribution in [0.4, 0.5) is 0 Å². The third-order valence-electron chi connectivity index (χ3n) is 3.61. The van der Waals surface area contributed by atoms with E-state index in [0.717, 1.165) is 5.56 Å². The lowest BCUT2D eigenvalue weighted by atomic mass is 10.1. The highest BCUT2D eigenvalue weighted by Crippen LogP contribution is 2.28. The van der Waals surface area contributed by atoms with Gasteiger partial charge >= 0.3 is 0 Å². The molecule has 0 fully saturated rings. The molecule has 2 aromatic rings. The van der Waals surface area contributed by atoms with E-state index in [1.54, 1.807) is 24.4 Å². The van der Waals surface area contributed by atoms with Crippen LogP contribution in [0.5, 0.6) is 0 Å². The maximum Gasteiger partial charge on any atom is 0.0931 e. The fourth-order valence-corrected chi connectivity index (χ4v) is 2.71. The molecular formula is C16H18Cl2N2O. The van der Waals surface area contributed by atoms with E-state index in [2.05, 4.69) is 16.8 Å². The van der Waals surface area contributed by atoms with Gasteiger partial charge in [-0.15, -0.1) is 0 Å². The van der Waals surface area contributed by atoms with Crippen LogP contribution >= 0.6 is 23.2 Å². The van der Waals surface area contributed by atoms with Crippen molar-refractivity contribution in [1.29, 1.82) is 0 Å². The Morgan fingerprint density at radius 1 is 1.29 bits per heavy atom. The molecule has 2 atom stereocenters. The number of aliphatic hydroxyl groups excluding tert-OH is 1. The monoisotopic (exact) mass is 324 g/mol. The second-order valence-electron chi connectivity index (χ2n) is 5.08. The number of pyridine rings is 1. The molecular weight excluding hydrogens is 307 g/mol. The van der Waals surface area contributed by atoms with E-state index in [1.807, 2.05) is 25.4 Å². The number of benzene rings is 1. The molecule has 0 aliphatic rings. The highest BCUT2D eigenvalue weighted by atomic mass is 35.5. The molecule has 0 spiro atoms. The molecule has 0 bridgehead atoms. The molecule has 0 aliphatic heterocycles. The Hall–Kier alpha value is -1.13. The summed E-state index contributed by atoms with van der Waals surface area (Å²) in [5.41, 5.74) is 1.79. The van der Waals surface area contributed by atoms with Crippen molar-refractivity contribution in [2.45, 2.75) is 19.1 Å². The predicted molar refractivity (Wildman–Crippen MR) is 86.7 cm³/mol. The Bertz CT molecular complexity index is 592. The van der Waals surface area contributed by atoms with Gasteiger partial charge in [-0.2, -0.15) is 0 Å². The molecule has 2 unspecified atom stereocenters. The molecule has 0 saturated heterocycles. The lowest BCUT2D eigenvalue weighted by molar-refractivity contribution is 0.108. The van der Waals surface area contributed by atoms with Gasteiger partial charge in [0, 0.05) is 40.6 Å². The number of aliphatic hydroxyl groups is 1. The minimum Gasteiger partial charge on any atom is -0.387 e. The van der Waals surface area contributed by atoms with E-state index in [-0.39, 0.29) is 6.04 Å². The van der Waals surface area contributed by atoms with Gasteiger partial charge in [-0.05, 0) is 37.7 Å². The third-order valence-corrected chi connectivity index (χ3v) is 4.17. The van der Waals surface area contributed by atoms with Crippen molar-refractivity contribution in [3.05, 3.63) is 63.9 Å². The van der Waals surface area contributed by atoms with Crippen molar-refractivity contribution in [1.82, 2.24) is 9.88 Å². The van der Waals surface area contributed by atoms with Crippen LogP contribution in [0.1, 0.15) is 30.2 Å². The topological polar surface area (TPSA) is 36.4 Å². The van der Waals surface area contributed by atoms with Gasteiger partial charge in [0.1, 0.15) is 0 Å². The van der Waals surface area contributed by atoms with E-state index in [0.29, 0.717) is 22.2 Å². The summed E-state index contributed by atoms with van der Waals surface area (Å²) in [4.78, 5) is 6.19. The number of nitrogens with zero attached hydrogens (tertiary/aromatic N) is 2. The third kappa shape index (κ3) is 4.17. The smallest absolute Gasteiger partial charge is 0.0931 e. The second kappa shape index (κ2) is 7.23. The van der Waals surface area contributed by atoms with Crippen LogP contribution in [0.3, 0.4) is 0 Å². The number of likely N-dealkylation sites (N-methyl/N-ethyl adjacent to an activating group) is 1. The molecule has 0 saturated carbocycles. The van der Waals surface area contributed by atoms with Crippen molar-refractivity contribution in [2.24, 2.45) is 0 Å². The average molecular weight is 325 g/mol. The Kier molecular flexibility index (Phi) is 5.59. The Labute approximate surface area is 135 Å². The zero-order chi connectivity index (χ0) is 15.4. The van der Waals surface area contributed by atoms with E-state index >= 15 is 0 Å². The summed E-state index contributed by atoms with van der Waals surface area (Å²) >= 11 is 12.0. The largest absolute Gasteiger partial charge is 0.387 e. The number of hydrogen-bond donors (Lipinski definition) is 1. The van der Waals surface area contributed by atoms with Gasteiger partial charge in [-0.3, -0.25) is 9.88 Å². The summed E-state index contributed by atoms with van der Waals surface area (Å²) < 4.78 is 0. The summed E-state index contributed by atoms with van der Waals surface area (Å²) in [6.07, 6.45) is 2.92. The predicted octanol–water partition coefficient (Wildman–Crippen LogP) is 4.11. The molecule has 0 amide bonds. The Balaban J connectivity index is 2.06. The minimum absolute atomic E-state index is 0.152. The number of rotatable bonds is 5. The van der Waals surface area contributed by atoms with Gasteiger partial charge in [0.25, 0.3) is 0 Å². The van der Waals surface area contributed by atoms with Gasteiger partial charge in [0.15, 0.2) is 0 Å². The van der Waals surface area contributed by atoms with E-state index in [1.165, 1.54) is 0 Å². The fraction of sp³-hybridized carbons (Fsp3) is 0.312. The average Bonchev–Trinajstić information content (AvgIpc) is 2.47.